The predicted molar refractivity (Wildman–Crippen MR) is 118 cm³/mol. The quantitative estimate of drug-likeness (QED) is 0.511. The Morgan fingerprint density at radius 3 is 2.47 bits per heavy atom. The maximum Gasteiger partial charge on any atom is 0.227 e. The smallest absolute Gasteiger partial charge is 0.227 e. The lowest BCUT2D eigenvalue weighted by atomic mass is 9.49. The maximum atomic E-state index is 13.0. The first kappa shape index (κ1) is 18.4. The second-order valence-corrected chi connectivity index (χ2v) is 10.2. The number of benzene rings is 2. The van der Waals surface area contributed by atoms with E-state index in [1.807, 2.05) is 36.4 Å². The molecular weight excluding hydrogens is 396 g/mol. The standard InChI is InChI=1S/C25H25ClN2O2/c26-19-6-5-18(24-28-20-3-1-2-4-22(20)30-24)10-21(19)27-23(29)14-25-11-15-7-16(12-25)9-17(8-15)13-25/h1-6,10,15-17H,7-9,11-14H2,(H,27,29). The van der Waals surface area contributed by atoms with Gasteiger partial charge in [-0.05, 0) is 92.0 Å². The van der Waals surface area contributed by atoms with Gasteiger partial charge in [-0.2, -0.15) is 0 Å². The van der Waals surface area contributed by atoms with Crippen molar-refractivity contribution in [3.8, 4) is 11.5 Å². The highest BCUT2D eigenvalue weighted by Crippen LogP contribution is 2.61. The van der Waals surface area contributed by atoms with Gasteiger partial charge < -0.3 is 9.73 Å². The molecule has 0 atom stereocenters. The van der Waals surface area contributed by atoms with Gasteiger partial charge in [0, 0.05) is 12.0 Å². The van der Waals surface area contributed by atoms with Crippen molar-refractivity contribution in [2.75, 3.05) is 5.32 Å². The highest BCUT2D eigenvalue weighted by atomic mass is 35.5. The summed E-state index contributed by atoms with van der Waals surface area (Å²) in [5.74, 6) is 3.14. The van der Waals surface area contributed by atoms with E-state index in [1.165, 1.54) is 38.5 Å². The van der Waals surface area contributed by atoms with Crippen LogP contribution in [0.25, 0.3) is 22.6 Å². The Kier molecular flexibility index (Phi) is 4.21. The average molecular weight is 421 g/mol. The van der Waals surface area contributed by atoms with Crippen LogP contribution in [0.4, 0.5) is 5.69 Å². The van der Waals surface area contributed by atoms with Gasteiger partial charge in [-0.1, -0.05) is 23.7 Å². The molecule has 1 heterocycles. The van der Waals surface area contributed by atoms with E-state index in [-0.39, 0.29) is 11.3 Å². The van der Waals surface area contributed by atoms with Crippen molar-refractivity contribution in [2.45, 2.75) is 44.9 Å². The number of rotatable bonds is 4. The Morgan fingerprint density at radius 1 is 1.07 bits per heavy atom. The monoisotopic (exact) mass is 420 g/mol. The zero-order valence-corrected chi connectivity index (χ0v) is 17.6. The SMILES string of the molecule is O=C(CC12CC3CC(CC(C3)C1)C2)Nc1cc(-c2nc3ccccc3o2)ccc1Cl. The number of oxazole rings is 1. The summed E-state index contributed by atoms with van der Waals surface area (Å²) in [5.41, 5.74) is 3.21. The van der Waals surface area contributed by atoms with Gasteiger partial charge in [0.25, 0.3) is 0 Å². The number of nitrogens with one attached hydrogen (secondary N) is 1. The fraction of sp³-hybridized carbons (Fsp3) is 0.440. The molecule has 0 aliphatic heterocycles. The van der Waals surface area contributed by atoms with Crippen LogP contribution in [0.2, 0.25) is 5.02 Å². The van der Waals surface area contributed by atoms with Gasteiger partial charge in [0.2, 0.25) is 11.8 Å². The molecule has 2 aromatic carbocycles. The summed E-state index contributed by atoms with van der Waals surface area (Å²) in [5, 5.41) is 3.62. The summed E-state index contributed by atoms with van der Waals surface area (Å²) in [4.78, 5) is 17.6. The van der Waals surface area contributed by atoms with E-state index in [0.29, 0.717) is 23.0 Å². The number of carbonyl (C=O) groups is 1. The summed E-state index contributed by atoms with van der Waals surface area (Å²) >= 11 is 6.42. The molecule has 0 spiro atoms. The number of nitrogens with zero attached hydrogens (tertiary/aromatic N) is 1. The number of amides is 1. The van der Waals surface area contributed by atoms with Crippen molar-refractivity contribution >= 4 is 34.3 Å². The summed E-state index contributed by atoms with van der Waals surface area (Å²) in [6, 6.07) is 13.2. The molecule has 1 N–H and O–H groups in total. The molecule has 0 radical (unpaired) electrons. The van der Waals surface area contributed by atoms with Gasteiger partial charge in [0.05, 0.1) is 10.7 Å². The van der Waals surface area contributed by atoms with Crippen molar-refractivity contribution in [3.05, 3.63) is 47.5 Å². The summed E-state index contributed by atoms with van der Waals surface area (Å²) in [6.45, 7) is 0. The summed E-state index contributed by atoms with van der Waals surface area (Å²) < 4.78 is 5.88. The lowest BCUT2D eigenvalue weighted by Gasteiger charge is -2.56. The van der Waals surface area contributed by atoms with E-state index in [9.17, 15) is 4.79 Å². The van der Waals surface area contributed by atoms with Crippen LogP contribution in [0.3, 0.4) is 0 Å². The number of anilines is 1. The number of halogens is 1. The molecule has 4 nitrogen and oxygen atoms in total. The topological polar surface area (TPSA) is 55.1 Å². The molecule has 4 aliphatic carbocycles. The lowest BCUT2D eigenvalue weighted by molar-refractivity contribution is -0.124. The molecule has 0 saturated heterocycles. The number of hydrogen-bond donors (Lipinski definition) is 1. The third kappa shape index (κ3) is 3.22. The molecule has 1 aromatic heterocycles. The Bertz CT molecular complexity index is 1070. The zero-order chi connectivity index (χ0) is 20.3. The fourth-order valence-electron chi connectivity index (χ4n) is 6.79. The molecule has 7 rings (SSSR count). The molecular formula is C25H25ClN2O2. The van der Waals surface area contributed by atoms with Crippen LogP contribution in [-0.4, -0.2) is 10.9 Å². The maximum absolute atomic E-state index is 13.0. The van der Waals surface area contributed by atoms with Crippen molar-refractivity contribution < 1.29 is 9.21 Å². The number of hydrogen-bond acceptors (Lipinski definition) is 3. The molecule has 4 fully saturated rings. The fourth-order valence-corrected chi connectivity index (χ4v) is 6.96. The lowest BCUT2D eigenvalue weighted by Crippen LogP contribution is -2.47. The van der Waals surface area contributed by atoms with Crippen LogP contribution >= 0.6 is 11.6 Å². The molecule has 154 valence electrons. The van der Waals surface area contributed by atoms with Gasteiger partial charge in [0.1, 0.15) is 5.52 Å². The minimum atomic E-state index is 0.0774. The first-order valence-corrected chi connectivity index (χ1v) is 11.4. The third-order valence-electron chi connectivity index (χ3n) is 7.48. The second kappa shape index (κ2) is 6.84. The number of carbonyl (C=O) groups excluding carboxylic acids is 1. The third-order valence-corrected chi connectivity index (χ3v) is 7.81. The second-order valence-electron chi connectivity index (χ2n) is 9.82. The van der Waals surface area contributed by atoms with Crippen molar-refractivity contribution in [1.82, 2.24) is 4.98 Å². The van der Waals surface area contributed by atoms with Crippen molar-refractivity contribution in [3.63, 3.8) is 0 Å². The first-order valence-electron chi connectivity index (χ1n) is 11.0. The van der Waals surface area contributed by atoms with Crippen LogP contribution < -0.4 is 5.32 Å². The average Bonchev–Trinajstić information content (AvgIpc) is 3.12. The largest absolute Gasteiger partial charge is 0.436 e. The zero-order valence-electron chi connectivity index (χ0n) is 16.9. The highest BCUT2D eigenvalue weighted by Gasteiger charge is 2.51. The van der Waals surface area contributed by atoms with Gasteiger partial charge >= 0.3 is 0 Å². The van der Waals surface area contributed by atoms with E-state index in [0.717, 1.165) is 34.4 Å². The predicted octanol–water partition coefficient (Wildman–Crippen LogP) is 6.69. The van der Waals surface area contributed by atoms with E-state index < -0.39 is 0 Å². The van der Waals surface area contributed by atoms with E-state index >= 15 is 0 Å². The van der Waals surface area contributed by atoms with Gasteiger partial charge in [-0.15, -0.1) is 0 Å². The van der Waals surface area contributed by atoms with Gasteiger partial charge in [0.15, 0.2) is 5.58 Å². The number of para-hydroxylation sites is 2. The molecule has 3 aromatic rings. The van der Waals surface area contributed by atoms with Gasteiger partial charge in [-0.25, -0.2) is 4.98 Å². The van der Waals surface area contributed by atoms with E-state index in [4.69, 9.17) is 16.0 Å². The molecule has 1 amide bonds. The van der Waals surface area contributed by atoms with Crippen LogP contribution in [-0.2, 0) is 4.79 Å². The number of aromatic nitrogens is 1. The molecule has 30 heavy (non-hydrogen) atoms. The molecule has 0 unspecified atom stereocenters. The minimum Gasteiger partial charge on any atom is -0.436 e. The van der Waals surface area contributed by atoms with Crippen LogP contribution in [0.5, 0.6) is 0 Å². The Hall–Kier alpha value is -2.33. The molecule has 4 saturated carbocycles. The van der Waals surface area contributed by atoms with Gasteiger partial charge in [-0.3, -0.25) is 4.79 Å². The van der Waals surface area contributed by atoms with E-state index in [2.05, 4.69) is 10.3 Å². The Balaban J connectivity index is 1.22. The molecule has 4 bridgehead atoms. The summed E-state index contributed by atoms with van der Waals surface area (Å²) in [7, 11) is 0. The van der Waals surface area contributed by atoms with Crippen molar-refractivity contribution in [1.29, 1.82) is 0 Å². The first-order chi connectivity index (χ1) is 14.6. The van der Waals surface area contributed by atoms with Crippen LogP contribution in [0, 0.1) is 23.2 Å². The summed E-state index contributed by atoms with van der Waals surface area (Å²) in [6.07, 6.45) is 8.45. The van der Waals surface area contributed by atoms with E-state index in [1.54, 1.807) is 6.07 Å². The Labute approximate surface area is 181 Å². The number of fused-ring (bicyclic) bond motifs is 1. The normalized spacial score (nSPS) is 29.4. The van der Waals surface area contributed by atoms with Crippen LogP contribution in [0.15, 0.2) is 46.9 Å². The molecule has 4 aliphatic rings. The Morgan fingerprint density at radius 2 is 1.77 bits per heavy atom. The minimum absolute atomic E-state index is 0.0774. The van der Waals surface area contributed by atoms with Crippen LogP contribution in [0.1, 0.15) is 44.9 Å². The molecule has 5 heteroatoms. The highest BCUT2D eigenvalue weighted by molar-refractivity contribution is 6.33. The van der Waals surface area contributed by atoms with Crippen molar-refractivity contribution in [2.24, 2.45) is 23.2 Å².